The number of benzene rings is 2. The van der Waals surface area contributed by atoms with E-state index in [0.29, 0.717) is 0 Å². The van der Waals surface area contributed by atoms with Crippen LogP contribution in [-0.4, -0.2) is 16.6 Å². The van der Waals surface area contributed by atoms with Crippen LogP contribution in [0.15, 0.2) is 54.9 Å². The van der Waals surface area contributed by atoms with E-state index < -0.39 is 0 Å². The molecule has 112 valence electrons. The summed E-state index contributed by atoms with van der Waals surface area (Å²) < 4.78 is 5.59. The summed E-state index contributed by atoms with van der Waals surface area (Å²) in [6.45, 7) is 0.814. The van der Waals surface area contributed by atoms with E-state index in [1.54, 1.807) is 0 Å². The number of nitrogens with one attached hydrogen (secondary N) is 1. The van der Waals surface area contributed by atoms with E-state index in [2.05, 4.69) is 52.4 Å². The fraction of sp³-hybridized carbons (Fsp3) is 0.150. The topological polar surface area (TPSA) is 37.9 Å². The second kappa shape index (κ2) is 4.85. The molecule has 0 fully saturated rings. The van der Waals surface area contributed by atoms with Crippen LogP contribution in [0.4, 0.5) is 0 Å². The molecule has 3 heterocycles. The van der Waals surface area contributed by atoms with Gasteiger partial charge in [0.2, 0.25) is 0 Å². The summed E-state index contributed by atoms with van der Waals surface area (Å²) in [5, 5.41) is 2.50. The Hall–Kier alpha value is -2.81. The number of H-pyrrole nitrogens is 1. The Kier molecular flexibility index (Phi) is 2.68. The predicted molar refractivity (Wildman–Crippen MR) is 92.0 cm³/mol. The molecule has 0 bridgehead atoms. The maximum Gasteiger partial charge on any atom is 0.122 e. The highest BCUT2D eigenvalue weighted by Crippen LogP contribution is 2.29. The molecule has 2 aromatic carbocycles. The molecule has 0 atom stereocenters. The van der Waals surface area contributed by atoms with E-state index >= 15 is 0 Å². The van der Waals surface area contributed by atoms with Crippen molar-refractivity contribution < 1.29 is 4.74 Å². The molecule has 3 nitrogen and oxygen atoms in total. The van der Waals surface area contributed by atoms with Crippen molar-refractivity contribution in [3.63, 3.8) is 0 Å². The van der Waals surface area contributed by atoms with Gasteiger partial charge in [-0.25, -0.2) is 0 Å². The summed E-state index contributed by atoms with van der Waals surface area (Å²) >= 11 is 0. The fourth-order valence-corrected chi connectivity index (χ4v) is 3.49. The van der Waals surface area contributed by atoms with Crippen LogP contribution in [0.2, 0.25) is 0 Å². The second-order valence-corrected chi connectivity index (χ2v) is 6.14. The highest BCUT2D eigenvalue weighted by atomic mass is 16.5. The summed E-state index contributed by atoms with van der Waals surface area (Å²) in [5.74, 6) is 1.05. The fourth-order valence-electron chi connectivity index (χ4n) is 3.49. The highest BCUT2D eigenvalue weighted by molar-refractivity contribution is 6.07. The summed E-state index contributed by atoms with van der Waals surface area (Å²) in [6, 6.07) is 15.3. The monoisotopic (exact) mass is 300 g/mol. The quantitative estimate of drug-likeness (QED) is 0.601. The minimum atomic E-state index is 0.814. The molecule has 0 radical (unpaired) electrons. The van der Waals surface area contributed by atoms with Crippen LogP contribution >= 0.6 is 0 Å². The second-order valence-electron chi connectivity index (χ2n) is 6.14. The first-order valence-electron chi connectivity index (χ1n) is 7.96. The van der Waals surface area contributed by atoms with Gasteiger partial charge < -0.3 is 9.72 Å². The van der Waals surface area contributed by atoms with E-state index in [1.165, 1.54) is 33.0 Å². The standard InChI is InChI=1S/C20H16N2O/c1-3-18-17(16-5-7-21-12-19(16)22-18)11-14(1)9-13-2-4-20-15(10-13)6-8-23-20/h1-5,7,10-12,22H,6,8-9H2. The number of fused-ring (bicyclic) bond motifs is 4. The van der Waals surface area contributed by atoms with Crippen molar-refractivity contribution >= 4 is 21.8 Å². The number of hydrogen-bond donors (Lipinski definition) is 1. The van der Waals surface area contributed by atoms with Gasteiger partial charge in [-0.15, -0.1) is 0 Å². The van der Waals surface area contributed by atoms with E-state index in [9.17, 15) is 0 Å². The van der Waals surface area contributed by atoms with E-state index in [-0.39, 0.29) is 0 Å². The van der Waals surface area contributed by atoms with Crippen LogP contribution in [0.1, 0.15) is 16.7 Å². The maximum atomic E-state index is 5.59. The Morgan fingerprint density at radius 2 is 1.87 bits per heavy atom. The zero-order valence-electron chi connectivity index (χ0n) is 12.7. The lowest BCUT2D eigenvalue weighted by molar-refractivity contribution is 0.357. The summed E-state index contributed by atoms with van der Waals surface area (Å²) in [5.41, 5.74) is 6.26. The van der Waals surface area contributed by atoms with Crippen LogP contribution in [0.5, 0.6) is 5.75 Å². The Labute approximate surface area is 133 Å². The molecule has 2 aromatic heterocycles. The lowest BCUT2D eigenvalue weighted by Crippen LogP contribution is -1.89. The van der Waals surface area contributed by atoms with Crippen LogP contribution < -0.4 is 4.74 Å². The van der Waals surface area contributed by atoms with Crippen molar-refractivity contribution in [2.75, 3.05) is 6.61 Å². The Morgan fingerprint density at radius 1 is 0.957 bits per heavy atom. The predicted octanol–water partition coefficient (Wildman–Crippen LogP) is 4.24. The molecular formula is C20H16N2O. The molecule has 0 saturated heterocycles. The molecule has 1 aliphatic rings. The molecule has 23 heavy (non-hydrogen) atoms. The maximum absolute atomic E-state index is 5.59. The van der Waals surface area contributed by atoms with Gasteiger partial charge in [0, 0.05) is 28.9 Å². The lowest BCUT2D eigenvalue weighted by atomic mass is 10.0. The minimum absolute atomic E-state index is 0.814. The number of hydrogen-bond acceptors (Lipinski definition) is 2. The first-order chi connectivity index (χ1) is 11.4. The number of ether oxygens (including phenoxy) is 1. The van der Waals surface area contributed by atoms with Crippen LogP contribution in [-0.2, 0) is 12.8 Å². The van der Waals surface area contributed by atoms with Gasteiger partial charge in [-0.3, -0.25) is 4.98 Å². The average molecular weight is 300 g/mol. The SMILES string of the molecule is c1cc2c(cn1)[nH]c1ccc(Cc3ccc4c(c3)CCO4)cc12. The molecule has 4 aromatic rings. The minimum Gasteiger partial charge on any atom is -0.493 e. The third kappa shape index (κ3) is 2.08. The number of pyridine rings is 1. The summed E-state index contributed by atoms with van der Waals surface area (Å²) in [6.07, 6.45) is 5.71. The molecule has 0 aliphatic carbocycles. The molecular weight excluding hydrogens is 284 g/mol. The Morgan fingerprint density at radius 3 is 2.87 bits per heavy atom. The van der Waals surface area contributed by atoms with Crippen molar-refractivity contribution in [3.8, 4) is 5.75 Å². The zero-order chi connectivity index (χ0) is 15.2. The molecule has 0 amide bonds. The van der Waals surface area contributed by atoms with Crippen molar-refractivity contribution in [2.45, 2.75) is 12.8 Å². The van der Waals surface area contributed by atoms with Gasteiger partial charge in [0.1, 0.15) is 5.75 Å². The molecule has 0 unspecified atom stereocenters. The van der Waals surface area contributed by atoms with Crippen LogP contribution in [0.25, 0.3) is 21.8 Å². The van der Waals surface area contributed by atoms with E-state index in [4.69, 9.17) is 4.74 Å². The summed E-state index contributed by atoms with van der Waals surface area (Å²) in [4.78, 5) is 7.61. The van der Waals surface area contributed by atoms with Crippen molar-refractivity contribution in [1.29, 1.82) is 0 Å². The van der Waals surface area contributed by atoms with Gasteiger partial charge in [-0.1, -0.05) is 18.2 Å². The normalized spacial score (nSPS) is 13.4. The average Bonchev–Trinajstić information content (AvgIpc) is 3.18. The van der Waals surface area contributed by atoms with Crippen molar-refractivity contribution in [2.24, 2.45) is 0 Å². The first kappa shape index (κ1) is 12.7. The van der Waals surface area contributed by atoms with E-state index in [0.717, 1.165) is 30.7 Å². The van der Waals surface area contributed by atoms with E-state index in [1.807, 2.05) is 12.4 Å². The van der Waals surface area contributed by atoms with Gasteiger partial charge in [0.05, 0.1) is 18.3 Å². The van der Waals surface area contributed by atoms with Gasteiger partial charge in [0.15, 0.2) is 0 Å². The number of aromatic amines is 1. The van der Waals surface area contributed by atoms with Gasteiger partial charge in [0.25, 0.3) is 0 Å². The van der Waals surface area contributed by atoms with Crippen LogP contribution in [0, 0.1) is 0 Å². The smallest absolute Gasteiger partial charge is 0.122 e. The Balaban J connectivity index is 1.56. The molecule has 5 rings (SSSR count). The number of aromatic nitrogens is 2. The number of nitrogens with zero attached hydrogens (tertiary/aromatic N) is 1. The molecule has 1 aliphatic heterocycles. The van der Waals surface area contributed by atoms with Crippen LogP contribution in [0.3, 0.4) is 0 Å². The first-order valence-corrected chi connectivity index (χ1v) is 7.96. The zero-order valence-corrected chi connectivity index (χ0v) is 12.7. The number of rotatable bonds is 2. The van der Waals surface area contributed by atoms with Crippen molar-refractivity contribution in [1.82, 2.24) is 9.97 Å². The lowest BCUT2D eigenvalue weighted by Gasteiger charge is -2.05. The highest BCUT2D eigenvalue weighted by Gasteiger charge is 2.12. The summed E-state index contributed by atoms with van der Waals surface area (Å²) in [7, 11) is 0. The Bertz CT molecular complexity index is 1030. The molecule has 1 N–H and O–H groups in total. The largest absolute Gasteiger partial charge is 0.493 e. The third-order valence-corrected chi connectivity index (χ3v) is 4.63. The van der Waals surface area contributed by atoms with Gasteiger partial charge >= 0.3 is 0 Å². The van der Waals surface area contributed by atoms with Gasteiger partial charge in [-0.05, 0) is 47.4 Å². The molecule has 0 saturated carbocycles. The third-order valence-electron chi connectivity index (χ3n) is 4.63. The molecule has 0 spiro atoms. The van der Waals surface area contributed by atoms with Gasteiger partial charge in [-0.2, -0.15) is 0 Å². The molecule has 3 heteroatoms. The van der Waals surface area contributed by atoms with Crippen molar-refractivity contribution in [3.05, 3.63) is 71.5 Å².